The van der Waals surface area contributed by atoms with Gasteiger partial charge in [0.1, 0.15) is 0 Å². The van der Waals surface area contributed by atoms with Crippen LogP contribution in [0.2, 0.25) is 0 Å². The molecule has 0 N–H and O–H groups in total. The van der Waals surface area contributed by atoms with Crippen LogP contribution < -0.4 is 5.30 Å². The summed E-state index contributed by atoms with van der Waals surface area (Å²) < 4.78 is 0. The quantitative estimate of drug-likeness (QED) is 0.650. The highest BCUT2D eigenvalue weighted by Gasteiger charge is 2.52. The van der Waals surface area contributed by atoms with Gasteiger partial charge in [0.2, 0.25) is 0 Å². The topological polar surface area (TPSA) is 0 Å². The van der Waals surface area contributed by atoms with Crippen LogP contribution in [0.5, 0.6) is 0 Å². The first-order valence-electron chi connectivity index (χ1n) is 6.91. The minimum Gasteiger partial charge on any atom is -0.0710 e. The van der Waals surface area contributed by atoms with Gasteiger partial charge in [0, 0.05) is 0 Å². The van der Waals surface area contributed by atoms with E-state index in [1.165, 1.54) is 19.0 Å². The maximum absolute atomic E-state index is 2.51. The molecule has 92 valence electrons. The van der Waals surface area contributed by atoms with Crippen molar-refractivity contribution in [3.05, 3.63) is 30.3 Å². The number of benzene rings is 1. The molecular weight excluding hydrogens is 223 g/mol. The molecule has 1 aromatic rings. The van der Waals surface area contributed by atoms with Gasteiger partial charge in [0.25, 0.3) is 0 Å². The Morgan fingerprint density at radius 2 is 1.88 bits per heavy atom. The van der Waals surface area contributed by atoms with E-state index in [-0.39, 0.29) is 7.92 Å². The molecule has 1 aliphatic carbocycles. The molecule has 0 spiro atoms. The lowest BCUT2D eigenvalue weighted by Gasteiger charge is -2.32. The van der Waals surface area contributed by atoms with Crippen molar-refractivity contribution in [3.63, 3.8) is 0 Å². The van der Waals surface area contributed by atoms with Crippen LogP contribution in [0, 0.1) is 17.3 Å². The molecule has 0 nitrogen and oxygen atoms in total. The molecule has 4 atom stereocenters. The molecule has 1 aliphatic heterocycles. The molecule has 1 heterocycles. The maximum atomic E-state index is 2.51. The van der Waals surface area contributed by atoms with E-state index in [4.69, 9.17) is 0 Å². The second-order valence-electron chi connectivity index (χ2n) is 6.60. The molecule has 0 aromatic heterocycles. The van der Waals surface area contributed by atoms with Gasteiger partial charge >= 0.3 is 0 Å². The number of hydrogen-bond acceptors (Lipinski definition) is 0. The molecule has 1 unspecified atom stereocenters. The summed E-state index contributed by atoms with van der Waals surface area (Å²) in [6, 6.07) is 11.3. The molecule has 1 aromatic carbocycles. The van der Waals surface area contributed by atoms with Crippen molar-refractivity contribution in [1.82, 2.24) is 0 Å². The molecule has 2 aliphatic rings. The Morgan fingerprint density at radius 3 is 2.59 bits per heavy atom. The Labute approximate surface area is 107 Å². The molecule has 2 fully saturated rings. The van der Waals surface area contributed by atoms with Gasteiger partial charge in [-0.15, -0.1) is 0 Å². The maximum Gasteiger partial charge on any atom is -0.00865 e. The highest BCUT2D eigenvalue weighted by molar-refractivity contribution is 7.66. The highest BCUT2D eigenvalue weighted by Crippen LogP contribution is 2.66. The summed E-state index contributed by atoms with van der Waals surface area (Å²) in [6.07, 6.45) is 4.39. The summed E-state index contributed by atoms with van der Waals surface area (Å²) in [6.45, 7) is 7.51. The van der Waals surface area contributed by atoms with Gasteiger partial charge in [0.05, 0.1) is 0 Å². The monoisotopic (exact) mass is 246 g/mol. The van der Waals surface area contributed by atoms with Gasteiger partial charge in [-0.25, -0.2) is 0 Å². The molecule has 1 heteroatoms. The van der Waals surface area contributed by atoms with E-state index in [1.54, 1.807) is 5.30 Å². The lowest BCUT2D eigenvalue weighted by atomic mass is 9.87. The van der Waals surface area contributed by atoms with Crippen LogP contribution in [-0.2, 0) is 0 Å². The Balaban J connectivity index is 1.96. The first-order valence-corrected chi connectivity index (χ1v) is 8.51. The summed E-state index contributed by atoms with van der Waals surface area (Å²) in [7, 11) is 0.0921. The molecule has 17 heavy (non-hydrogen) atoms. The van der Waals surface area contributed by atoms with Crippen molar-refractivity contribution in [3.8, 4) is 0 Å². The van der Waals surface area contributed by atoms with Crippen molar-refractivity contribution >= 4 is 13.2 Å². The van der Waals surface area contributed by atoms with Gasteiger partial charge in [-0.1, -0.05) is 59.0 Å². The van der Waals surface area contributed by atoms with Crippen LogP contribution in [0.15, 0.2) is 30.3 Å². The minimum atomic E-state index is 0.0921. The largest absolute Gasteiger partial charge is 0.0710 e. The third kappa shape index (κ3) is 1.85. The van der Waals surface area contributed by atoms with Crippen LogP contribution in [0.1, 0.15) is 33.6 Å². The minimum absolute atomic E-state index is 0.0921. The number of rotatable bonds is 1. The Bertz CT molecular complexity index is 395. The predicted molar refractivity (Wildman–Crippen MR) is 77.3 cm³/mol. The van der Waals surface area contributed by atoms with Gasteiger partial charge in [0.15, 0.2) is 0 Å². The van der Waals surface area contributed by atoms with Gasteiger partial charge in [-0.05, 0) is 47.2 Å². The average Bonchev–Trinajstić information content (AvgIpc) is 2.81. The van der Waals surface area contributed by atoms with Crippen molar-refractivity contribution in [2.75, 3.05) is 6.16 Å². The van der Waals surface area contributed by atoms with E-state index in [0.29, 0.717) is 5.41 Å². The summed E-state index contributed by atoms with van der Waals surface area (Å²) in [5.41, 5.74) is 1.56. The fourth-order valence-electron chi connectivity index (χ4n) is 4.12. The van der Waals surface area contributed by atoms with Crippen LogP contribution >= 0.6 is 7.92 Å². The summed E-state index contributed by atoms with van der Waals surface area (Å²) in [5, 5.41) is 1.65. The van der Waals surface area contributed by atoms with Crippen molar-refractivity contribution < 1.29 is 0 Å². The second-order valence-corrected chi connectivity index (χ2v) is 8.98. The third-order valence-electron chi connectivity index (χ3n) is 4.97. The van der Waals surface area contributed by atoms with Gasteiger partial charge in [-0.2, -0.15) is 0 Å². The highest BCUT2D eigenvalue weighted by atomic mass is 31.1. The number of hydrogen-bond donors (Lipinski definition) is 0. The van der Waals surface area contributed by atoms with Crippen molar-refractivity contribution in [1.29, 1.82) is 0 Å². The van der Waals surface area contributed by atoms with E-state index in [1.807, 2.05) is 0 Å². The molecule has 1 saturated heterocycles. The van der Waals surface area contributed by atoms with E-state index in [2.05, 4.69) is 51.1 Å². The fourth-order valence-corrected chi connectivity index (χ4v) is 8.20. The summed E-state index contributed by atoms with van der Waals surface area (Å²) in [4.78, 5) is 0. The summed E-state index contributed by atoms with van der Waals surface area (Å²) >= 11 is 0. The Hall–Kier alpha value is -0.350. The molecule has 0 bridgehead atoms. The van der Waals surface area contributed by atoms with Crippen LogP contribution in [0.4, 0.5) is 0 Å². The predicted octanol–water partition coefficient (Wildman–Crippen LogP) is 4.25. The van der Waals surface area contributed by atoms with E-state index in [9.17, 15) is 0 Å². The Morgan fingerprint density at radius 1 is 1.18 bits per heavy atom. The lowest BCUT2D eigenvalue weighted by molar-refractivity contribution is 0.356. The number of fused-ring (bicyclic) bond motifs is 1. The Kier molecular flexibility index (Phi) is 2.82. The smallest absolute Gasteiger partial charge is 0.00865 e. The standard InChI is InChI=1S/C16H23P/c1-12-11-17(13-7-5-4-6-8-13)15-14(12)9-10-16(15,2)3/h4-8,12,14-15H,9-11H2,1-3H3/t12-,14+,15-,17?/m1/s1. The van der Waals surface area contributed by atoms with Crippen LogP contribution in [0.3, 0.4) is 0 Å². The zero-order valence-corrected chi connectivity index (χ0v) is 12.1. The molecule has 0 amide bonds. The first kappa shape index (κ1) is 11.7. The van der Waals surface area contributed by atoms with E-state index < -0.39 is 0 Å². The summed E-state index contributed by atoms with van der Waals surface area (Å²) in [5.74, 6) is 1.96. The normalized spacial score (nSPS) is 39.2. The van der Waals surface area contributed by atoms with Crippen molar-refractivity contribution in [2.45, 2.75) is 39.3 Å². The molecular formula is C16H23P. The lowest BCUT2D eigenvalue weighted by Crippen LogP contribution is -2.26. The SMILES string of the molecule is C[C@@H]1CP(c2ccccc2)[C@@H]2[C@H]1CCC2(C)C. The second kappa shape index (κ2) is 4.09. The van der Waals surface area contributed by atoms with Gasteiger partial charge in [-0.3, -0.25) is 0 Å². The van der Waals surface area contributed by atoms with Crippen LogP contribution in [-0.4, -0.2) is 11.8 Å². The van der Waals surface area contributed by atoms with E-state index >= 15 is 0 Å². The van der Waals surface area contributed by atoms with E-state index in [0.717, 1.165) is 17.5 Å². The zero-order valence-electron chi connectivity index (χ0n) is 11.2. The average molecular weight is 246 g/mol. The fraction of sp³-hybridized carbons (Fsp3) is 0.625. The molecule has 0 radical (unpaired) electrons. The molecule has 3 rings (SSSR count). The van der Waals surface area contributed by atoms with Crippen molar-refractivity contribution in [2.24, 2.45) is 17.3 Å². The molecule has 1 saturated carbocycles. The van der Waals surface area contributed by atoms with Gasteiger partial charge < -0.3 is 0 Å². The zero-order chi connectivity index (χ0) is 12.0. The third-order valence-corrected chi connectivity index (χ3v) is 8.65. The first-order chi connectivity index (χ1) is 8.09. The van der Waals surface area contributed by atoms with Crippen LogP contribution in [0.25, 0.3) is 0 Å².